The molecule has 2 saturated carbocycles. The summed E-state index contributed by atoms with van der Waals surface area (Å²) in [6, 6.07) is 10.6. The van der Waals surface area contributed by atoms with Crippen LogP contribution in [0.3, 0.4) is 0 Å². The van der Waals surface area contributed by atoms with Gasteiger partial charge in [0, 0.05) is 31.7 Å². The molecular weight excluding hydrogens is 558 g/mol. The Morgan fingerprint density at radius 1 is 1.02 bits per heavy atom. The minimum Gasteiger partial charge on any atom is -0.370 e. The number of benzene rings is 2. The van der Waals surface area contributed by atoms with E-state index in [0.717, 1.165) is 36.5 Å². The van der Waals surface area contributed by atoms with Crippen LogP contribution in [-0.2, 0) is 24.4 Å². The zero-order valence-electron chi connectivity index (χ0n) is 23.6. The summed E-state index contributed by atoms with van der Waals surface area (Å²) in [5.74, 6) is -1.29. The highest BCUT2D eigenvalue weighted by molar-refractivity contribution is 7.89. The third-order valence-electron chi connectivity index (χ3n) is 7.99. The number of hydrogen-bond acceptors (Lipinski definition) is 6. The van der Waals surface area contributed by atoms with Crippen LogP contribution in [0.5, 0.6) is 0 Å². The number of rotatable bonds is 12. The van der Waals surface area contributed by atoms with Crippen molar-refractivity contribution in [1.29, 1.82) is 5.41 Å². The molecule has 2 aromatic rings. The number of likely N-dealkylation sites (tertiary alicyclic amines) is 1. The summed E-state index contributed by atoms with van der Waals surface area (Å²) in [4.78, 5) is 42.7. The summed E-state index contributed by atoms with van der Waals surface area (Å²) in [5.41, 5.74) is 5.63. The van der Waals surface area contributed by atoms with E-state index in [-0.39, 0.29) is 41.3 Å². The fourth-order valence-electron chi connectivity index (χ4n) is 5.36. The lowest BCUT2D eigenvalue weighted by atomic mass is 9.98. The molecule has 0 radical (unpaired) electrons. The SMILES string of the molecule is N=C(N)N1CCC[C@@H](CNC(=O)C[C@H](NS(=O)(=O)c2ccc3ccccc3c2)C(=O)N(CC(=O)NC2CC2)C2CC2)C1. The third-order valence-corrected chi connectivity index (χ3v) is 9.46. The highest BCUT2D eigenvalue weighted by atomic mass is 32.2. The Kier molecular flexibility index (Phi) is 8.97. The minimum absolute atomic E-state index is 0.00863. The van der Waals surface area contributed by atoms with E-state index in [2.05, 4.69) is 15.4 Å². The van der Waals surface area contributed by atoms with E-state index < -0.39 is 34.3 Å². The molecule has 0 unspecified atom stereocenters. The van der Waals surface area contributed by atoms with Gasteiger partial charge in [-0.05, 0) is 67.3 Å². The van der Waals surface area contributed by atoms with Crippen LogP contribution in [0.4, 0.5) is 0 Å². The van der Waals surface area contributed by atoms with E-state index in [9.17, 15) is 22.8 Å². The average Bonchev–Trinajstić information content (AvgIpc) is 3.90. The Labute approximate surface area is 245 Å². The van der Waals surface area contributed by atoms with Crippen molar-refractivity contribution in [1.82, 2.24) is 25.2 Å². The first kappa shape index (κ1) is 29.8. The van der Waals surface area contributed by atoms with Crippen molar-refractivity contribution in [2.75, 3.05) is 26.2 Å². The summed E-state index contributed by atoms with van der Waals surface area (Å²) in [6.45, 7) is 1.37. The van der Waals surface area contributed by atoms with E-state index in [1.54, 1.807) is 17.0 Å². The Hall–Kier alpha value is -3.71. The largest absolute Gasteiger partial charge is 0.370 e. The molecule has 1 heterocycles. The minimum atomic E-state index is -4.19. The molecule has 1 saturated heterocycles. The van der Waals surface area contributed by atoms with Crippen LogP contribution in [0.25, 0.3) is 10.8 Å². The molecule has 2 atom stereocenters. The zero-order valence-corrected chi connectivity index (χ0v) is 24.4. The highest BCUT2D eigenvalue weighted by Gasteiger charge is 2.40. The van der Waals surface area contributed by atoms with Gasteiger partial charge in [0.05, 0.1) is 17.9 Å². The van der Waals surface area contributed by atoms with Crippen molar-refractivity contribution in [2.24, 2.45) is 11.7 Å². The number of amides is 3. The van der Waals surface area contributed by atoms with Gasteiger partial charge in [0.15, 0.2) is 5.96 Å². The Morgan fingerprint density at radius 3 is 2.45 bits per heavy atom. The molecule has 1 aliphatic heterocycles. The first-order chi connectivity index (χ1) is 20.1. The topological polar surface area (TPSA) is 178 Å². The fourth-order valence-corrected chi connectivity index (χ4v) is 6.59. The van der Waals surface area contributed by atoms with Crippen LogP contribution in [0, 0.1) is 11.3 Å². The fraction of sp³-hybridized carbons (Fsp3) is 0.517. The molecule has 0 spiro atoms. The normalized spacial score (nSPS) is 19.6. The summed E-state index contributed by atoms with van der Waals surface area (Å²) in [5, 5.41) is 15.0. The molecule has 3 fully saturated rings. The van der Waals surface area contributed by atoms with Crippen LogP contribution in [0.15, 0.2) is 47.4 Å². The van der Waals surface area contributed by atoms with Crippen LogP contribution >= 0.6 is 0 Å². The number of carbonyl (C=O) groups is 3. The van der Waals surface area contributed by atoms with Gasteiger partial charge in [0.1, 0.15) is 6.04 Å². The molecular formula is C29H39N7O5S. The van der Waals surface area contributed by atoms with Crippen LogP contribution in [-0.4, -0.2) is 86.2 Å². The predicted octanol–water partition coefficient (Wildman–Crippen LogP) is 0.868. The van der Waals surface area contributed by atoms with Gasteiger partial charge in [-0.25, -0.2) is 8.42 Å². The zero-order chi connectivity index (χ0) is 29.9. The molecule has 226 valence electrons. The van der Waals surface area contributed by atoms with Crippen molar-refractivity contribution in [3.8, 4) is 0 Å². The summed E-state index contributed by atoms with van der Waals surface area (Å²) in [7, 11) is -4.19. The predicted molar refractivity (Wildman–Crippen MR) is 158 cm³/mol. The van der Waals surface area contributed by atoms with Gasteiger partial charge in [-0.3, -0.25) is 19.8 Å². The van der Waals surface area contributed by atoms with E-state index in [4.69, 9.17) is 11.1 Å². The number of hydrogen-bond donors (Lipinski definition) is 5. The molecule has 2 aromatic carbocycles. The lowest BCUT2D eigenvalue weighted by molar-refractivity contribution is -0.139. The standard InChI is InChI=1S/C29H39N7O5S/c30-29(31)35-13-3-4-19(17-35)16-32-26(37)15-25(28(39)36(23-10-11-23)18-27(38)33-22-8-9-22)34-42(40,41)24-12-7-20-5-1-2-6-21(20)14-24/h1-2,5-7,12,14,19,22-23,25,34H,3-4,8-11,13,15-18H2,(H3,30,31)(H,32,37)(H,33,38)/t19-,25-/m0/s1. The number of sulfonamides is 1. The van der Waals surface area contributed by atoms with E-state index in [1.165, 1.54) is 17.0 Å². The molecule has 3 amide bonds. The molecule has 2 aliphatic carbocycles. The first-order valence-corrected chi connectivity index (χ1v) is 16.0. The molecule has 6 N–H and O–H groups in total. The Morgan fingerprint density at radius 2 is 1.76 bits per heavy atom. The number of nitrogens with zero attached hydrogens (tertiary/aromatic N) is 2. The van der Waals surface area contributed by atoms with Crippen LogP contribution < -0.4 is 21.1 Å². The van der Waals surface area contributed by atoms with Gasteiger partial charge < -0.3 is 26.2 Å². The number of piperidine rings is 1. The van der Waals surface area contributed by atoms with Gasteiger partial charge in [-0.15, -0.1) is 0 Å². The summed E-state index contributed by atoms with van der Waals surface area (Å²) >= 11 is 0. The van der Waals surface area contributed by atoms with E-state index in [0.29, 0.717) is 32.5 Å². The third kappa shape index (κ3) is 7.77. The molecule has 5 rings (SSSR count). The van der Waals surface area contributed by atoms with Crippen LogP contribution in [0.1, 0.15) is 44.9 Å². The number of nitrogens with one attached hydrogen (secondary N) is 4. The second-order valence-corrected chi connectivity index (χ2v) is 13.3. The molecule has 12 nitrogen and oxygen atoms in total. The van der Waals surface area contributed by atoms with Gasteiger partial charge in [0.2, 0.25) is 27.7 Å². The van der Waals surface area contributed by atoms with Crippen molar-refractivity contribution in [2.45, 2.75) is 68.0 Å². The van der Waals surface area contributed by atoms with E-state index in [1.807, 2.05) is 18.2 Å². The van der Waals surface area contributed by atoms with Crippen molar-refractivity contribution in [3.05, 3.63) is 42.5 Å². The average molecular weight is 598 g/mol. The molecule has 42 heavy (non-hydrogen) atoms. The second-order valence-electron chi connectivity index (χ2n) is 11.6. The monoisotopic (exact) mass is 597 g/mol. The van der Waals surface area contributed by atoms with Gasteiger partial charge >= 0.3 is 0 Å². The van der Waals surface area contributed by atoms with Crippen molar-refractivity contribution >= 4 is 44.5 Å². The second kappa shape index (κ2) is 12.7. The van der Waals surface area contributed by atoms with Gasteiger partial charge in [0.25, 0.3) is 0 Å². The number of nitrogens with two attached hydrogens (primary N) is 1. The quantitative estimate of drug-likeness (QED) is 0.178. The lowest BCUT2D eigenvalue weighted by Crippen LogP contribution is -2.53. The van der Waals surface area contributed by atoms with Crippen molar-refractivity contribution in [3.63, 3.8) is 0 Å². The molecule has 0 bridgehead atoms. The highest BCUT2D eigenvalue weighted by Crippen LogP contribution is 2.28. The summed E-state index contributed by atoms with van der Waals surface area (Å²) < 4.78 is 29.6. The first-order valence-electron chi connectivity index (χ1n) is 14.6. The molecule has 13 heteroatoms. The molecule has 0 aromatic heterocycles. The number of fused-ring (bicyclic) bond motifs is 1. The summed E-state index contributed by atoms with van der Waals surface area (Å²) in [6.07, 6.45) is 4.52. The maximum absolute atomic E-state index is 13.8. The molecule has 3 aliphatic rings. The smallest absolute Gasteiger partial charge is 0.242 e. The Balaban J connectivity index is 1.31. The van der Waals surface area contributed by atoms with Gasteiger partial charge in [-0.2, -0.15) is 4.72 Å². The maximum atomic E-state index is 13.8. The van der Waals surface area contributed by atoms with E-state index >= 15 is 0 Å². The van der Waals surface area contributed by atoms with Gasteiger partial charge in [-0.1, -0.05) is 30.3 Å². The Bertz CT molecular complexity index is 1460. The number of guanidine groups is 1. The van der Waals surface area contributed by atoms with Crippen molar-refractivity contribution < 1.29 is 22.8 Å². The maximum Gasteiger partial charge on any atom is 0.242 e. The lowest BCUT2D eigenvalue weighted by Gasteiger charge is -2.33. The number of carbonyl (C=O) groups excluding carboxylic acids is 3. The van der Waals surface area contributed by atoms with Crippen LogP contribution in [0.2, 0.25) is 0 Å².